The third kappa shape index (κ3) is 2.96. The molecule has 1 fully saturated rings. The summed E-state index contributed by atoms with van der Waals surface area (Å²) in [6.07, 6.45) is -0.909. The number of ether oxygens (including phenoxy) is 1. The summed E-state index contributed by atoms with van der Waals surface area (Å²) in [5, 5.41) is 2.85. The van der Waals surface area contributed by atoms with E-state index in [9.17, 15) is 13.6 Å². The maximum Gasteiger partial charge on any atom is 0.330 e. The first-order valence-corrected chi connectivity index (χ1v) is 6.14. The van der Waals surface area contributed by atoms with Crippen LogP contribution in [0.5, 0.6) is 0 Å². The minimum absolute atomic E-state index is 0.152. The normalized spacial score (nSPS) is 23.9. The molecule has 1 aliphatic rings. The van der Waals surface area contributed by atoms with E-state index < -0.39 is 17.6 Å². The quantitative estimate of drug-likeness (QED) is 0.614. The van der Waals surface area contributed by atoms with Gasteiger partial charge >= 0.3 is 5.97 Å². The predicted molar refractivity (Wildman–Crippen MR) is 61.2 cm³/mol. The third-order valence-electron chi connectivity index (χ3n) is 2.85. The molecule has 0 spiro atoms. The molecule has 0 aromatic rings. The number of alkyl halides is 1. The molecule has 1 atom stereocenters. The van der Waals surface area contributed by atoms with Crippen LogP contribution < -0.4 is 5.32 Å². The van der Waals surface area contributed by atoms with Crippen LogP contribution in [0.3, 0.4) is 0 Å². The number of nitrogens with one attached hydrogen (secondary N) is 1. The highest BCUT2D eigenvalue weighted by Crippen LogP contribution is 2.35. The van der Waals surface area contributed by atoms with Crippen molar-refractivity contribution in [3.8, 4) is 0 Å². The molecule has 1 aliphatic heterocycles. The highest BCUT2D eigenvalue weighted by Gasteiger charge is 2.48. The summed E-state index contributed by atoms with van der Waals surface area (Å²) < 4.78 is 30.6. The number of carbonyl (C=O) groups excluding carboxylic acids is 1. The van der Waals surface area contributed by atoms with Crippen molar-refractivity contribution in [1.29, 1.82) is 0 Å². The molecule has 98 valence electrons. The minimum atomic E-state index is -1.79. The second-order valence-electron chi connectivity index (χ2n) is 3.83. The van der Waals surface area contributed by atoms with Crippen LogP contribution >= 0.6 is 11.6 Å². The Balaban J connectivity index is 3.00. The van der Waals surface area contributed by atoms with Crippen molar-refractivity contribution in [2.45, 2.75) is 31.7 Å². The van der Waals surface area contributed by atoms with Gasteiger partial charge in [0.15, 0.2) is 0 Å². The number of halogens is 3. The fraction of sp³-hybridized carbons (Fsp3) is 0.727. The second-order valence-corrected chi connectivity index (χ2v) is 4.21. The van der Waals surface area contributed by atoms with Gasteiger partial charge in [-0.1, -0.05) is 0 Å². The summed E-state index contributed by atoms with van der Waals surface area (Å²) in [6, 6.07) is 0. The molecule has 0 unspecified atom stereocenters. The van der Waals surface area contributed by atoms with E-state index in [1.54, 1.807) is 6.92 Å². The zero-order chi connectivity index (χ0) is 12.9. The van der Waals surface area contributed by atoms with Crippen LogP contribution in [0.15, 0.2) is 11.7 Å². The summed E-state index contributed by atoms with van der Waals surface area (Å²) >= 11 is 5.57. The number of hydrogen-bond acceptors (Lipinski definition) is 3. The van der Waals surface area contributed by atoms with Gasteiger partial charge in [0.1, 0.15) is 5.54 Å². The molecule has 0 radical (unpaired) electrons. The maximum absolute atomic E-state index is 12.9. The number of carbonyl (C=O) groups is 1. The van der Waals surface area contributed by atoms with Gasteiger partial charge in [-0.25, -0.2) is 4.79 Å². The van der Waals surface area contributed by atoms with E-state index in [-0.39, 0.29) is 25.0 Å². The molecule has 17 heavy (non-hydrogen) atoms. The molecule has 3 nitrogen and oxygen atoms in total. The van der Waals surface area contributed by atoms with Gasteiger partial charge in [0.25, 0.3) is 6.08 Å². The van der Waals surface area contributed by atoms with E-state index in [1.165, 1.54) is 0 Å². The van der Waals surface area contributed by atoms with E-state index in [4.69, 9.17) is 16.3 Å². The maximum atomic E-state index is 12.9. The Bertz CT molecular complexity index is 319. The van der Waals surface area contributed by atoms with Crippen molar-refractivity contribution in [1.82, 2.24) is 5.32 Å². The fourth-order valence-corrected chi connectivity index (χ4v) is 2.23. The van der Waals surface area contributed by atoms with Gasteiger partial charge in [-0.2, -0.15) is 8.78 Å². The summed E-state index contributed by atoms with van der Waals surface area (Å²) in [4.78, 5) is 11.9. The Hall–Kier alpha value is -0.680. The van der Waals surface area contributed by atoms with E-state index in [0.717, 1.165) is 0 Å². The zero-order valence-electron chi connectivity index (χ0n) is 9.69. The molecule has 0 aliphatic carbocycles. The van der Waals surface area contributed by atoms with Crippen LogP contribution in [-0.4, -0.2) is 30.5 Å². The van der Waals surface area contributed by atoms with Crippen LogP contribution in [0.2, 0.25) is 0 Å². The second kappa shape index (κ2) is 6.31. The van der Waals surface area contributed by atoms with Gasteiger partial charge in [0.05, 0.1) is 6.61 Å². The van der Waals surface area contributed by atoms with Crippen LogP contribution in [0.4, 0.5) is 8.78 Å². The summed E-state index contributed by atoms with van der Waals surface area (Å²) in [6.45, 7) is 2.18. The van der Waals surface area contributed by atoms with Crippen molar-refractivity contribution in [2.24, 2.45) is 0 Å². The molecule has 1 heterocycles. The largest absolute Gasteiger partial charge is 0.464 e. The molecular weight excluding hydrogens is 252 g/mol. The van der Waals surface area contributed by atoms with Crippen LogP contribution in [0, 0.1) is 0 Å². The number of hydrogen-bond donors (Lipinski definition) is 1. The molecule has 0 amide bonds. The van der Waals surface area contributed by atoms with Gasteiger partial charge in [-0.05, 0) is 26.2 Å². The highest BCUT2D eigenvalue weighted by molar-refractivity contribution is 6.17. The third-order valence-corrected chi connectivity index (χ3v) is 3.12. The van der Waals surface area contributed by atoms with Crippen LogP contribution in [0.1, 0.15) is 26.2 Å². The molecule has 0 aromatic carbocycles. The molecular formula is C11H16ClF2NO2. The molecule has 1 N–H and O–H groups in total. The topological polar surface area (TPSA) is 38.3 Å². The van der Waals surface area contributed by atoms with Crippen molar-refractivity contribution in [3.05, 3.63) is 11.7 Å². The molecule has 1 rings (SSSR count). The molecule has 0 aromatic heterocycles. The van der Waals surface area contributed by atoms with E-state index >= 15 is 0 Å². The number of esters is 1. The Labute approximate surface area is 104 Å². The van der Waals surface area contributed by atoms with Crippen molar-refractivity contribution >= 4 is 17.6 Å². The highest BCUT2D eigenvalue weighted by atomic mass is 35.5. The average Bonchev–Trinajstić information content (AvgIpc) is 2.71. The Kier molecular flexibility index (Phi) is 5.33. The van der Waals surface area contributed by atoms with Gasteiger partial charge in [-0.3, -0.25) is 5.32 Å². The first-order valence-electron chi connectivity index (χ1n) is 5.61. The summed E-state index contributed by atoms with van der Waals surface area (Å²) in [5.74, 6) is -0.310. The first kappa shape index (κ1) is 14.4. The standard InChI is InChI=1S/C11H16ClF2NO2/c1-2-17-10(16)11(5-3-6-12)8(9(13)14)4-7-15-11/h15H,2-7H2,1H3/t11-/m0/s1. The molecule has 1 saturated heterocycles. The van der Waals surface area contributed by atoms with Crippen molar-refractivity contribution < 1.29 is 18.3 Å². The Morgan fingerprint density at radius 3 is 2.82 bits per heavy atom. The molecule has 6 heteroatoms. The van der Waals surface area contributed by atoms with E-state index in [2.05, 4.69) is 5.32 Å². The smallest absolute Gasteiger partial charge is 0.330 e. The summed E-state index contributed by atoms with van der Waals surface area (Å²) in [5.41, 5.74) is -1.52. The SMILES string of the molecule is CCOC(=O)[C@@]1(CCCCl)NCCC1=C(F)F. The Morgan fingerprint density at radius 2 is 2.29 bits per heavy atom. The van der Waals surface area contributed by atoms with Crippen LogP contribution in [0.25, 0.3) is 0 Å². The monoisotopic (exact) mass is 267 g/mol. The lowest BCUT2D eigenvalue weighted by Crippen LogP contribution is -2.50. The number of rotatable bonds is 5. The lowest BCUT2D eigenvalue weighted by Gasteiger charge is -2.28. The Morgan fingerprint density at radius 1 is 1.59 bits per heavy atom. The minimum Gasteiger partial charge on any atom is -0.464 e. The van der Waals surface area contributed by atoms with Gasteiger partial charge in [-0.15, -0.1) is 11.6 Å². The zero-order valence-corrected chi connectivity index (χ0v) is 10.4. The lowest BCUT2D eigenvalue weighted by molar-refractivity contribution is -0.149. The van der Waals surface area contributed by atoms with Gasteiger partial charge < -0.3 is 4.74 Å². The van der Waals surface area contributed by atoms with Crippen LogP contribution in [-0.2, 0) is 9.53 Å². The van der Waals surface area contributed by atoms with E-state index in [0.29, 0.717) is 18.8 Å². The van der Waals surface area contributed by atoms with Crippen molar-refractivity contribution in [3.63, 3.8) is 0 Å². The van der Waals surface area contributed by atoms with Crippen molar-refractivity contribution in [2.75, 3.05) is 19.0 Å². The fourth-order valence-electron chi connectivity index (χ4n) is 2.10. The molecule has 0 bridgehead atoms. The lowest BCUT2D eigenvalue weighted by atomic mass is 9.87. The van der Waals surface area contributed by atoms with Gasteiger partial charge in [0, 0.05) is 18.0 Å². The summed E-state index contributed by atoms with van der Waals surface area (Å²) in [7, 11) is 0. The predicted octanol–water partition coefficient (Wildman–Crippen LogP) is 2.45. The van der Waals surface area contributed by atoms with Gasteiger partial charge in [0.2, 0.25) is 0 Å². The molecule has 0 saturated carbocycles. The van der Waals surface area contributed by atoms with E-state index in [1.807, 2.05) is 0 Å². The average molecular weight is 268 g/mol. The first-order chi connectivity index (χ1) is 8.08.